The molecule has 0 saturated heterocycles. The Kier molecular flexibility index (Phi) is 3.90. The van der Waals surface area contributed by atoms with Gasteiger partial charge in [-0.25, -0.2) is 23.7 Å². The number of halogens is 3. The molecule has 1 aromatic carbocycles. The van der Waals surface area contributed by atoms with E-state index >= 15 is 0 Å². The summed E-state index contributed by atoms with van der Waals surface area (Å²) in [6, 6.07) is 2.44. The van der Waals surface area contributed by atoms with Gasteiger partial charge in [0.25, 0.3) is 5.56 Å². The van der Waals surface area contributed by atoms with Crippen LogP contribution in [0.25, 0.3) is 22.2 Å². The van der Waals surface area contributed by atoms with Gasteiger partial charge in [0, 0.05) is 29.3 Å². The Balaban J connectivity index is 1.76. The van der Waals surface area contributed by atoms with Gasteiger partial charge in [0.2, 0.25) is 0 Å². The first-order chi connectivity index (χ1) is 13.5. The van der Waals surface area contributed by atoms with Crippen molar-refractivity contribution in [3.05, 3.63) is 62.9 Å². The predicted molar refractivity (Wildman–Crippen MR) is 101 cm³/mol. The predicted octanol–water partition coefficient (Wildman–Crippen LogP) is 3.92. The average molecular weight is 402 g/mol. The molecule has 0 bridgehead atoms. The van der Waals surface area contributed by atoms with E-state index in [2.05, 4.69) is 19.9 Å². The number of nitrogens with zero attached hydrogens (tertiary/aromatic N) is 4. The molecule has 0 aliphatic heterocycles. The third kappa shape index (κ3) is 2.51. The molecule has 3 heterocycles. The molecule has 1 N–H and O–H groups in total. The molecule has 9 heteroatoms. The highest BCUT2D eigenvalue weighted by molar-refractivity contribution is 6.32. The lowest BCUT2D eigenvalue weighted by Crippen LogP contribution is -2.18. The number of nitrogens with one attached hydrogen (secondary N) is 1. The van der Waals surface area contributed by atoms with Gasteiger partial charge < -0.3 is 9.55 Å². The summed E-state index contributed by atoms with van der Waals surface area (Å²) in [5, 5.41) is 0.276. The summed E-state index contributed by atoms with van der Waals surface area (Å²) in [4.78, 5) is 27.9. The normalized spacial score (nSPS) is 14.7. The molecule has 0 unspecified atom stereocenters. The molecule has 0 radical (unpaired) electrons. The van der Waals surface area contributed by atoms with Gasteiger partial charge in [-0.3, -0.25) is 4.79 Å². The van der Waals surface area contributed by atoms with Crippen LogP contribution in [0.5, 0.6) is 0 Å². The fourth-order valence-electron chi connectivity index (χ4n) is 3.66. The van der Waals surface area contributed by atoms with E-state index in [0.717, 1.165) is 31.2 Å². The molecule has 1 saturated carbocycles. The zero-order chi connectivity index (χ0) is 19.4. The first kappa shape index (κ1) is 17.2. The lowest BCUT2D eigenvalue weighted by Gasteiger charge is -2.25. The summed E-state index contributed by atoms with van der Waals surface area (Å²) in [7, 11) is 0. The maximum Gasteiger partial charge on any atom is 0.267 e. The van der Waals surface area contributed by atoms with Crippen LogP contribution in [0.3, 0.4) is 0 Å². The number of aromatic amines is 1. The molecular weight excluding hydrogens is 388 g/mol. The number of benzene rings is 1. The van der Waals surface area contributed by atoms with Gasteiger partial charge in [-0.1, -0.05) is 18.0 Å². The van der Waals surface area contributed by atoms with E-state index in [1.165, 1.54) is 6.07 Å². The summed E-state index contributed by atoms with van der Waals surface area (Å²) in [6.45, 7) is 0.158. The van der Waals surface area contributed by atoms with Crippen LogP contribution in [0.2, 0.25) is 5.02 Å². The second kappa shape index (κ2) is 6.34. The van der Waals surface area contributed by atoms with Gasteiger partial charge in [0.15, 0.2) is 22.9 Å². The quantitative estimate of drug-likeness (QED) is 0.564. The van der Waals surface area contributed by atoms with Gasteiger partial charge >= 0.3 is 0 Å². The number of hydrogen-bond acceptors (Lipinski definition) is 4. The Hall–Kier alpha value is -2.87. The minimum Gasteiger partial charge on any atom is -0.318 e. The van der Waals surface area contributed by atoms with Gasteiger partial charge in [-0.15, -0.1) is 0 Å². The van der Waals surface area contributed by atoms with Crippen LogP contribution in [0.4, 0.5) is 8.78 Å². The van der Waals surface area contributed by atoms with Crippen molar-refractivity contribution in [2.75, 3.05) is 0 Å². The van der Waals surface area contributed by atoms with Crippen molar-refractivity contribution >= 4 is 33.8 Å². The van der Waals surface area contributed by atoms with Gasteiger partial charge in [0.05, 0.1) is 12.1 Å². The Bertz CT molecular complexity index is 1300. The summed E-state index contributed by atoms with van der Waals surface area (Å²) >= 11 is 6.28. The SMILES string of the molecule is O=c1[nH]c2c(F)c(F)ccc2c(Cn2c(C3CCC3)nc3nccnc32)c1Cl. The monoisotopic (exact) mass is 401 g/mol. The molecule has 1 fully saturated rings. The van der Waals surface area contributed by atoms with Gasteiger partial charge in [-0.05, 0) is 25.0 Å². The van der Waals surface area contributed by atoms with Crippen LogP contribution < -0.4 is 5.56 Å². The molecule has 1 aliphatic rings. The van der Waals surface area contributed by atoms with Crippen molar-refractivity contribution in [3.63, 3.8) is 0 Å². The second-order valence-corrected chi connectivity index (χ2v) is 7.30. The van der Waals surface area contributed by atoms with Crippen molar-refractivity contribution in [1.82, 2.24) is 24.5 Å². The Labute approximate surface area is 162 Å². The van der Waals surface area contributed by atoms with Gasteiger partial charge in [-0.2, -0.15) is 0 Å². The number of rotatable bonds is 3. The van der Waals surface area contributed by atoms with E-state index in [1.807, 2.05) is 4.57 Å². The average Bonchev–Trinajstić information content (AvgIpc) is 2.99. The van der Waals surface area contributed by atoms with E-state index in [-0.39, 0.29) is 23.0 Å². The van der Waals surface area contributed by atoms with Crippen molar-refractivity contribution in [2.45, 2.75) is 31.7 Å². The highest BCUT2D eigenvalue weighted by Gasteiger charge is 2.27. The summed E-state index contributed by atoms with van der Waals surface area (Å²) < 4.78 is 29.8. The highest BCUT2D eigenvalue weighted by atomic mass is 35.5. The van der Waals surface area contributed by atoms with E-state index in [0.29, 0.717) is 22.2 Å². The van der Waals surface area contributed by atoms with E-state index < -0.39 is 17.2 Å². The Morgan fingerprint density at radius 3 is 2.75 bits per heavy atom. The second-order valence-electron chi connectivity index (χ2n) is 6.92. The van der Waals surface area contributed by atoms with Crippen molar-refractivity contribution in [1.29, 1.82) is 0 Å². The number of fused-ring (bicyclic) bond motifs is 2. The zero-order valence-corrected chi connectivity index (χ0v) is 15.3. The van der Waals surface area contributed by atoms with Crippen LogP contribution >= 0.6 is 11.6 Å². The zero-order valence-electron chi connectivity index (χ0n) is 14.5. The summed E-state index contributed by atoms with van der Waals surface area (Å²) in [5.74, 6) is -1.05. The molecular formula is C19H14ClF2N5O. The smallest absolute Gasteiger partial charge is 0.267 e. The van der Waals surface area contributed by atoms with Crippen molar-refractivity contribution in [3.8, 4) is 0 Å². The fraction of sp³-hybridized carbons (Fsp3) is 0.263. The standard InChI is InChI=1S/C19H14ClF2N5O/c20-13-11(10-4-5-12(21)14(22)15(10)25-19(13)28)8-27-17(9-2-1-3-9)26-16-18(27)24-7-6-23-16/h4-7,9H,1-3,8H2,(H,25,28). The topological polar surface area (TPSA) is 76.5 Å². The maximum absolute atomic E-state index is 14.3. The molecule has 0 atom stereocenters. The minimum atomic E-state index is -1.11. The largest absolute Gasteiger partial charge is 0.318 e. The van der Waals surface area contributed by atoms with Crippen LogP contribution in [-0.4, -0.2) is 24.5 Å². The molecule has 0 spiro atoms. The maximum atomic E-state index is 14.3. The van der Waals surface area contributed by atoms with Gasteiger partial charge in [0.1, 0.15) is 10.8 Å². The van der Waals surface area contributed by atoms with Crippen LogP contribution in [-0.2, 0) is 6.54 Å². The van der Waals surface area contributed by atoms with E-state index in [9.17, 15) is 13.6 Å². The van der Waals surface area contributed by atoms with Crippen LogP contribution in [0, 0.1) is 11.6 Å². The molecule has 6 nitrogen and oxygen atoms in total. The third-order valence-electron chi connectivity index (χ3n) is 5.32. The fourth-order valence-corrected chi connectivity index (χ4v) is 3.87. The van der Waals surface area contributed by atoms with Crippen molar-refractivity contribution in [2.24, 2.45) is 0 Å². The summed E-state index contributed by atoms with van der Waals surface area (Å²) in [6.07, 6.45) is 6.27. The molecule has 5 rings (SSSR count). The van der Waals surface area contributed by atoms with Crippen molar-refractivity contribution < 1.29 is 8.78 Å². The lowest BCUT2D eigenvalue weighted by molar-refractivity contribution is 0.391. The van der Waals surface area contributed by atoms with E-state index in [1.54, 1.807) is 12.4 Å². The molecule has 4 aromatic rings. The molecule has 1 aliphatic carbocycles. The first-order valence-corrected chi connectivity index (χ1v) is 9.28. The highest BCUT2D eigenvalue weighted by Crippen LogP contribution is 2.37. The molecule has 0 amide bonds. The molecule has 142 valence electrons. The molecule has 3 aromatic heterocycles. The number of imidazole rings is 1. The third-order valence-corrected chi connectivity index (χ3v) is 5.72. The lowest BCUT2D eigenvalue weighted by atomic mass is 9.85. The Morgan fingerprint density at radius 1 is 1.21 bits per heavy atom. The van der Waals surface area contributed by atoms with Crippen LogP contribution in [0.15, 0.2) is 29.3 Å². The Morgan fingerprint density at radius 2 is 2.00 bits per heavy atom. The number of aromatic nitrogens is 5. The summed E-state index contributed by atoms with van der Waals surface area (Å²) in [5.41, 5.74) is 0.590. The molecule has 28 heavy (non-hydrogen) atoms. The van der Waals surface area contributed by atoms with Crippen LogP contribution in [0.1, 0.15) is 36.6 Å². The number of hydrogen-bond donors (Lipinski definition) is 1. The minimum absolute atomic E-state index is 0.0659. The van der Waals surface area contributed by atoms with E-state index in [4.69, 9.17) is 11.6 Å². The first-order valence-electron chi connectivity index (χ1n) is 8.90. The number of H-pyrrole nitrogens is 1. The number of pyridine rings is 1.